The van der Waals surface area contributed by atoms with Crippen LogP contribution >= 0.6 is 11.3 Å². The number of amides is 1. The average molecular weight is 421 g/mol. The van der Waals surface area contributed by atoms with Gasteiger partial charge in [0, 0.05) is 11.1 Å². The summed E-state index contributed by atoms with van der Waals surface area (Å²) in [7, 11) is 1.57. The number of hydrogen-bond acceptors (Lipinski definition) is 6. The van der Waals surface area contributed by atoms with Crippen LogP contribution < -0.4 is 14.8 Å². The van der Waals surface area contributed by atoms with E-state index in [2.05, 4.69) is 15.5 Å². The zero-order valence-corrected chi connectivity index (χ0v) is 16.7. The van der Waals surface area contributed by atoms with Crippen LogP contribution in [0.15, 0.2) is 72.8 Å². The number of benzene rings is 3. The lowest BCUT2D eigenvalue weighted by atomic mass is 10.2. The molecule has 1 N–H and O–H groups in total. The smallest absolute Gasteiger partial charge is 0.257 e. The molecule has 1 aromatic heterocycles. The van der Waals surface area contributed by atoms with Gasteiger partial charge < -0.3 is 9.47 Å². The predicted molar refractivity (Wildman–Crippen MR) is 113 cm³/mol. The van der Waals surface area contributed by atoms with Crippen LogP contribution in [0.1, 0.15) is 10.4 Å². The highest BCUT2D eigenvalue weighted by Gasteiger charge is 2.12. The van der Waals surface area contributed by atoms with E-state index < -0.39 is 0 Å². The van der Waals surface area contributed by atoms with E-state index in [4.69, 9.17) is 9.47 Å². The molecule has 0 saturated heterocycles. The summed E-state index contributed by atoms with van der Waals surface area (Å²) in [5.41, 5.74) is 1.33. The first-order valence-corrected chi connectivity index (χ1v) is 9.75. The van der Waals surface area contributed by atoms with Gasteiger partial charge in [-0.2, -0.15) is 0 Å². The summed E-state index contributed by atoms with van der Waals surface area (Å²) in [6, 6.07) is 19.9. The fraction of sp³-hybridized carbons (Fsp3) is 0.0455. The van der Waals surface area contributed by atoms with Crippen LogP contribution in [0, 0.1) is 5.82 Å². The zero-order chi connectivity index (χ0) is 20.9. The summed E-state index contributed by atoms with van der Waals surface area (Å²) in [4.78, 5) is 12.3. The molecule has 0 unspecified atom stereocenters. The van der Waals surface area contributed by atoms with E-state index in [1.165, 1.54) is 23.5 Å². The van der Waals surface area contributed by atoms with Gasteiger partial charge in [-0.25, -0.2) is 4.39 Å². The van der Waals surface area contributed by atoms with Crippen molar-refractivity contribution in [3.05, 3.63) is 84.2 Å². The normalized spacial score (nSPS) is 10.5. The lowest BCUT2D eigenvalue weighted by Gasteiger charge is -2.05. The first-order valence-electron chi connectivity index (χ1n) is 8.93. The number of nitrogens with one attached hydrogen (secondary N) is 1. The van der Waals surface area contributed by atoms with E-state index >= 15 is 0 Å². The number of hydrogen-bond donors (Lipinski definition) is 1. The summed E-state index contributed by atoms with van der Waals surface area (Å²) in [5.74, 6) is 1.25. The Kier molecular flexibility index (Phi) is 5.67. The summed E-state index contributed by atoms with van der Waals surface area (Å²) >= 11 is 1.27. The number of methoxy groups -OCH3 is 1. The second-order valence-corrected chi connectivity index (χ2v) is 7.15. The highest BCUT2D eigenvalue weighted by Crippen LogP contribution is 2.29. The molecular weight excluding hydrogens is 405 g/mol. The third-order valence-corrected chi connectivity index (χ3v) is 5.04. The van der Waals surface area contributed by atoms with Gasteiger partial charge in [-0.05, 0) is 72.8 Å². The van der Waals surface area contributed by atoms with Gasteiger partial charge in [0.25, 0.3) is 5.91 Å². The maximum Gasteiger partial charge on any atom is 0.257 e. The van der Waals surface area contributed by atoms with Crippen molar-refractivity contribution in [2.24, 2.45) is 0 Å². The Balaban J connectivity index is 1.41. The van der Waals surface area contributed by atoms with Gasteiger partial charge in [0.2, 0.25) is 5.13 Å². The molecule has 6 nitrogen and oxygen atoms in total. The van der Waals surface area contributed by atoms with Crippen molar-refractivity contribution in [2.75, 3.05) is 12.4 Å². The lowest BCUT2D eigenvalue weighted by Crippen LogP contribution is -2.11. The molecule has 1 amide bonds. The maximum atomic E-state index is 13.0. The molecule has 30 heavy (non-hydrogen) atoms. The summed E-state index contributed by atoms with van der Waals surface area (Å²) in [6.45, 7) is 0. The number of anilines is 1. The van der Waals surface area contributed by atoms with Crippen molar-refractivity contribution in [1.82, 2.24) is 10.2 Å². The molecule has 0 aliphatic carbocycles. The fourth-order valence-electron chi connectivity index (χ4n) is 2.61. The Hall–Kier alpha value is -3.78. The topological polar surface area (TPSA) is 73.3 Å². The van der Waals surface area contributed by atoms with Gasteiger partial charge in [0.05, 0.1) is 7.11 Å². The van der Waals surface area contributed by atoms with Gasteiger partial charge in [-0.1, -0.05) is 11.3 Å². The third kappa shape index (κ3) is 4.61. The Bertz CT molecular complexity index is 1140. The monoisotopic (exact) mass is 421 g/mol. The largest absolute Gasteiger partial charge is 0.497 e. The van der Waals surface area contributed by atoms with Crippen molar-refractivity contribution in [3.8, 4) is 27.8 Å². The van der Waals surface area contributed by atoms with Crippen molar-refractivity contribution in [1.29, 1.82) is 0 Å². The highest BCUT2D eigenvalue weighted by molar-refractivity contribution is 7.18. The molecule has 1 heterocycles. The van der Waals surface area contributed by atoms with Gasteiger partial charge in [0.1, 0.15) is 28.1 Å². The van der Waals surface area contributed by atoms with Crippen LogP contribution in [-0.2, 0) is 0 Å². The van der Waals surface area contributed by atoms with Gasteiger partial charge in [-0.15, -0.1) is 10.2 Å². The van der Waals surface area contributed by atoms with Crippen molar-refractivity contribution in [3.63, 3.8) is 0 Å². The number of ether oxygens (including phenoxy) is 2. The molecule has 8 heteroatoms. The van der Waals surface area contributed by atoms with E-state index in [1.807, 2.05) is 12.1 Å². The predicted octanol–water partition coefficient (Wildman–Crippen LogP) is 5.40. The van der Waals surface area contributed by atoms with Crippen molar-refractivity contribution < 1.29 is 18.7 Å². The first-order chi connectivity index (χ1) is 14.6. The average Bonchev–Trinajstić information content (AvgIpc) is 3.24. The van der Waals surface area contributed by atoms with E-state index in [0.717, 1.165) is 5.56 Å². The quantitative estimate of drug-likeness (QED) is 0.451. The second-order valence-electron chi connectivity index (χ2n) is 6.18. The van der Waals surface area contributed by atoms with E-state index in [-0.39, 0.29) is 11.7 Å². The lowest BCUT2D eigenvalue weighted by molar-refractivity contribution is 0.102. The second kappa shape index (κ2) is 8.71. The van der Waals surface area contributed by atoms with Crippen molar-refractivity contribution >= 4 is 22.4 Å². The van der Waals surface area contributed by atoms with Crippen LogP contribution in [0.3, 0.4) is 0 Å². The van der Waals surface area contributed by atoms with Crippen LogP contribution in [0.5, 0.6) is 17.2 Å². The van der Waals surface area contributed by atoms with Crippen LogP contribution in [0.25, 0.3) is 10.6 Å². The molecule has 4 rings (SSSR count). The number of carbonyl (C=O) groups excluding carboxylic acids is 1. The Labute approximate surface area is 175 Å². The van der Waals surface area contributed by atoms with Crippen LogP contribution in [0.2, 0.25) is 0 Å². The van der Waals surface area contributed by atoms with E-state index in [0.29, 0.717) is 33.0 Å². The molecule has 0 atom stereocenters. The van der Waals surface area contributed by atoms with Crippen LogP contribution in [0.4, 0.5) is 9.52 Å². The van der Waals surface area contributed by atoms with Crippen LogP contribution in [-0.4, -0.2) is 23.2 Å². The molecule has 150 valence electrons. The maximum absolute atomic E-state index is 13.0. The Morgan fingerprint density at radius 3 is 2.10 bits per heavy atom. The molecular formula is C22H16FN3O3S. The number of halogens is 1. The molecule has 4 aromatic rings. The molecule has 0 aliphatic heterocycles. The first kappa shape index (κ1) is 19.5. The Morgan fingerprint density at radius 1 is 0.867 bits per heavy atom. The summed E-state index contributed by atoms with van der Waals surface area (Å²) < 4.78 is 23.7. The highest BCUT2D eigenvalue weighted by atomic mass is 32.1. The zero-order valence-electron chi connectivity index (χ0n) is 15.8. The third-order valence-electron chi connectivity index (χ3n) is 4.15. The standard InChI is InChI=1S/C22H16FN3O3S/c1-28-17-8-2-14(3-9-17)20(27)24-22-26-25-21(30-22)15-4-10-18(11-5-15)29-19-12-6-16(23)7-13-19/h2-13H,1H3,(H,24,26,27). The van der Waals surface area contributed by atoms with Gasteiger partial charge in [0.15, 0.2) is 0 Å². The minimum Gasteiger partial charge on any atom is -0.497 e. The molecule has 0 saturated carbocycles. The Morgan fingerprint density at radius 2 is 1.47 bits per heavy atom. The minimum atomic E-state index is -0.316. The minimum absolute atomic E-state index is 0.275. The number of rotatable bonds is 6. The van der Waals surface area contributed by atoms with Gasteiger partial charge in [-0.3, -0.25) is 10.1 Å². The molecule has 0 bridgehead atoms. The number of nitrogens with zero attached hydrogens (tertiary/aromatic N) is 2. The number of carbonyl (C=O) groups is 1. The van der Waals surface area contributed by atoms with E-state index in [1.54, 1.807) is 55.6 Å². The molecule has 0 aliphatic rings. The molecule has 3 aromatic carbocycles. The SMILES string of the molecule is COc1ccc(C(=O)Nc2nnc(-c3ccc(Oc4ccc(F)cc4)cc3)s2)cc1. The number of aromatic nitrogens is 2. The summed E-state index contributed by atoms with van der Waals surface area (Å²) in [6.07, 6.45) is 0. The molecule has 0 radical (unpaired) electrons. The molecule has 0 fully saturated rings. The van der Waals surface area contributed by atoms with Gasteiger partial charge >= 0.3 is 0 Å². The summed E-state index contributed by atoms with van der Waals surface area (Å²) in [5, 5.41) is 12.0. The molecule has 0 spiro atoms. The fourth-order valence-corrected chi connectivity index (χ4v) is 3.35. The van der Waals surface area contributed by atoms with E-state index in [9.17, 15) is 9.18 Å². The van der Waals surface area contributed by atoms with Crippen molar-refractivity contribution in [2.45, 2.75) is 0 Å².